The van der Waals surface area contributed by atoms with Gasteiger partial charge >= 0.3 is 0 Å². The van der Waals surface area contributed by atoms with Crippen molar-refractivity contribution in [2.75, 3.05) is 18.8 Å². The van der Waals surface area contributed by atoms with Crippen LogP contribution in [0.5, 0.6) is 0 Å². The van der Waals surface area contributed by atoms with Crippen LogP contribution in [0.4, 0.5) is 0 Å². The van der Waals surface area contributed by atoms with Gasteiger partial charge in [-0.05, 0) is 19.3 Å². The van der Waals surface area contributed by atoms with Gasteiger partial charge in [0.05, 0.1) is 0 Å². The number of carbonyl (C=O) groups excluding carboxylic acids is 1. The van der Waals surface area contributed by atoms with E-state index in [2.05, 4.69) is 10.3 Å². The van der Waals surface area contributed by atoms with Gasteiger partial charge in [-0.1, -0.05) is 11.8 Å². The number of hydrogen-bond donors (Lipinski definition) is 2. The Morgan fingerprint density at radius 2 is 2.43 bits per heavy atom. The lowest BCUT2D eigenvalue weighted by molar-refractivity contribution is -0.118. The predicted molar refractivity (Wildman–Crippen MR) is 60.4 cm³/mol. The molecular weight excluding hydrogens is 198 g/mol. The summed E-state index contributed by atoms with van der Waals surface area (Å²) in [4.78, 5) is 14.8. The van der Waals surface area contributed by atoms with Crippen LogP contribution in [0.1, 0.15) is 25.7 Å². The molecule has 80 valence electrons. The zero-order valence-electron chi connectivity index (χ0n) is 8.29. The second-order valence-electron chi connectivity index (χ2n) is 3.24. The molecule has 1 aliphatic rings. The van der Waals surface area contributed by atoms with Gasteiger partial charge in [0.25, 0.3) is 0 Å². The standard InChI is InChI=1S/C9H17N3OS/c10-8(13)4-1-2-5-11-9-12-6-3-7-14-9/h1-7H2,(H2,10,13)(H,11,12). The van der Waals surface area contributed by atoms with Crippen LogP contribution in [0.25, 0.3) is 0 Å². The van der Waals surface area contributed by atoms with E-state index < -0.39 is 0 Å². The van der Waals surface area contributed by atoms with Crippen molar-refractivity contribution in [3.05, 3.63) is 0 Å². The Labute approximate surface area is 88.7 Å². The van der Waals surface area contributed by atoms with Crippen LogP contribution < -0.4 is 11.1 Å². The van der Waals surface area contributed by atoms with E-state index in [9.17, 15) is 4.79 Å². The second kappa shape index (κ2) is 6.70. The normalized spacial score (nSPS) is 16.1. The average molecular weight is 215 g/mol. The molecule has 1 rings (SSSR count). The van der Waals surface area contributed by atoms with Crippen molar-refractivity contribution in [2.24, 2.45) is 10.7 Å². The van der Waals surface area contributed by atoms with Crippen molar-refractivity contribution in [1.82, 2.24) is 5.32 Å². The SMILES string of the molecule is NC(=O)CCCCNC1=NCCCS1. The number of nitrogens with two attached hydrogens (primary N) is 1. The highest BCUT2D eigenvalue weighted by molar-refractivity contribution is 8.13. The molecule has 0 atom stereocenters. The molecule has 0 spiro atoms. The number of nitrogens with one attached hydrogen (secondary N) is 1. The van der Waals surface area contributed by atoms with Gasteiger partial charge in [0.1, 0.15) is 0 Å². The number of carbonyl (C=O) groups is 1. The number of hydrogen-bond acceptors (Lipinski definition) is 4. The van der Waals surface area contributed by atoms with E-state index in [1.807, 2.05) is 0 Å². The summed E-state index contributed by atoms with van der Waals surface area (Å²) in [5.41, 5.74) is 5.03. The van der Waals surface area contributed by atoms with Gasteiger partial charge in [0.2, 0.25) is 5.91 Å². The maximum absolute atomic E-state index is 10.4. The molecule has 0 saturated heterocycles. The van der Waals surface area contributed by atoms with E-state index in [0.29, 0.717) is 6.42 Å². The highest BCUT2D eigenvalue weighted by atomic mass is 32.2. The lowest BCUT2D eigenvalue weighted by atomic mass is 10.2. The first-order valence-electron chi connectivity index (χ1n) is 4.98. The summed E-state index contributed by atoms with van der Waals surface area (Å²) in [6, 6.07) is 0. The number of thioether (sulfide) groups is 1. The van der Waals surface area contributed by atoms with E-state index in [4.69, 9.17) is 5.73 Å². The van der Waals surface area contributed by atoms with Crippen molar-refractivity contribution in [3.8, 4) is 0 Å². The molecule has 0 aromatic carbocycles. The van der Waals surface area contributed by atoms with Gasteiger partial charge in [-0.2, -0.15) is 0 Å². The fraction of sp³-hybridized carbons (Fsp3) is 0.778. The molecule has 0 bridgehead atoms. The second-order valence-corrected chi connectivity index (χ2v) is 4.32. The van der Waals surface area contributed by atoms with Gasteiger partial charge in [-0.25, -0.2) is 0 Å². The fourth-order valence-electron chi connectivity index (χ4n) is 1.19. The van der Waals surface area contributed by atoms with Gasteiger partial charge in [-0.15, -0.1) is 0 Å². The highest BCUT2D eigenvalue weighted by Gasteiger charge is 2.04. The smallest absolute Gasteiger partial charge is 0.217 e. The Hall–Kier alpha value is -0.710. The van der Waals surface area contributed by atoms with Crippen LogP contribution in [-0.4, -0.2) is 29.9 Å². The largest absolute Gasteiger partial charge is 0.370 e. The molecule has 0 aromatic heterocycles. The molecule has 5 heteroatoms. The molecule has 0 radical (unpaired) electrons. The third kappa shape index (κ3) is 5.11. The highest BCUT2D eigenvalue weighted by Crippen LogP contribution is 2.09. The van der Waals surface area contributed by atoms with Gasteiger partial charge < -0.3 is 11.1 Å². The van der Waals surface area contributed by atoms with Crippen molar-refractivity contribution < 1.29 is 4.79 Å². The number of rotatable bonds is 5. The third-order valence-corrected chi connectivity index (χ3v) is 2.96. The summed E-state index contributed by atoms with van der Waals surface area (Å²) in [6.07, 6.45) is 3.50. The molecule has 1 amide bonds. The van der Waals surface area contributed by atoms with Crippen LogP contribution in [0, 0.1) is 0 Å². The Kier molecular flexibility index (Phi) is 5.44. The number of unbranched alkanes of at least 4 members (excludes halogenated alkanes) is 1. The summed E-state index contributed by atoms with van der Waals surface area (Å²) in [5.74, 6) is 0.946. The van der Waals surface area contributed by atoms with Gasteiger partial charge in [-0.3, -0.25) is 9.79 Å². The molecular formula is C9H17N3OS. The summed E-state index contributed by atoms with van der Waals surface area (Å²) in [6.45, 7) is 1.83. The molecule has 0 unspecified atom stereocenters. The number of amidine groups is 1. The molecule has 0 aliphatic carbocycles. The van der Waals surface area contributed by atoms with Crippen molar-refractivity contribution >= 4 is 22.8 Å². The first-order chi connectivity index (χ1) is 6.79. The zero-order valence-corrected chi connectivity index (χ0v) is 9.11. The minimum atomic E-state index is -0.214. The summed E-state index contributed by atoms with van der Waals surface area (Å²) in [7, 11) is 0. The molecule has 4 nitrogen and oxygen atoms in total. The van der Waals surface area contributed by atoms with E-state index in [-0.39, 0.29) is 5.91 Å². The minimum absolute atomic E-state index is 0.214. The monoisotopic (exact) mass is 215 g/mol. The summed E-state index contributed by atoms with van der Waals surface area (Å²) in [5, 5.41) is 4.31. The summed E-state index contributed by atoms with van der Waals surface area (Å²) >= 11 is 1.77. The fourth-order valence-corrected chi connectivity index (χ4v) is 2.04. The van der Waals surface area contributed by atoms with Gasteiger partial charge in [0.15, 0.2) is 5.17 Å². The van der Waals surface area contributed by atoms with Crippen molar-refractivity contribution in [2.45, 2.75) is 25.7 Å². The summed E-state index contributed by atoms with van der Waals surface area (Å²) < 4.78 is 0. The Morgan fingerprint density at radius 3 is 3.07 bits per heavy atom. The Bertz CT molecular complexity index is 218. The lowest BCUT2D eigenvalue weighted by Crippen LogP contribution is -2.24. The Morgan fingerprint density at radius 1 is 1.57 bits per heavy atom. The van der Waals surface area contributed by atoms with Crippen molar-refractivity contribution in [3.63, 3.8) is 0 Å². The number of primary amides is 1. The van der Waals surface area contributed by atoms with E-state index in [1.165, 1.54) is 6.42 Å². The molecule has 0 fully saturated rings. The first kappa shape index (κ1) is 11.4. The molecule has 1 aliphatic heterocycles. The third-order valence-electron chi connectivity index (χ3n) is 1.92. The van der Waals surface area contributed by atoms with E-state index in [1.54, 1.807) is 11.8 Å². The minimum Gasteiger partial charge on any atom is -0.370 e. The molecule has 0 aromatic rings. The molecule has 3 N–H and O–H groups in total. The average Bonchev–Trinajstić information content (AvgIpc) is 2.18. The van der Waals surface area contributed by atoms with Crippen LogP contribution >= 0.6 is 11.8 Å². The number of nitrogens with zero attached hydrogens (tertiary/aromatic N) is 1. The van der Waals surface area contributed by atoms with Crippen LogP contribution in [0.3, 0.4) is 0 Å². The lowest BCUT2D eigenvalue weighted by Gasteiger charge is -2.12. The van der Waals surface area contributed by atoms with Crippen LogP contribution in [-0.2, 0) is 4.79 Å². The zero-order chi connectivity index (χ0) is 10.2. The first-order valence-corrected chi connectivity index (χ1v) is 5.97. The molecule has 1 heterocycles. The van der Waals surface area contributed by atoms with Crippen LogP contribution in [0.2, 0.25) is 0 Å². The van der Waals surface area contributed by atoms with E-state index >= 15 is 0 Å². The quantitative estimate of drug-likeness (QED) is 0.664. The van der Waals surface area contributed by atoms with Crippen molar-refractivity contribution in [1.29, 1.82) is 0 Å². The van der Waals surface area contributed by atoms with Crippen LogP contribution in [0.15, 0.2) is 4.99 Å². The number of aliphatic imine (C=N–C) groups is 1. The molecule has 0 saturated carbocycles. The van der Waals surface area contributed by atoms with E-state index in [0.717, 1.165) is 36.9 Å². The predicted octanol–water partition coefficient (Wildman–Crippen LogP) is 0.724. The molecule has 14 heavy (non-hydrogen) atoms. The number of amides is 1. The Balaban J connectivity index is 1.98. The topological polar surface area (TPSA) is 67.5 Å². The maximum atomic E-state index is 10.4. The van der Waals surface area contributed by atoms with Gasteiger partial charge in [0, 0.05) is 25.3 Å². The maximum Gasteiger partial charge on any atom is 0.217 e.